The first-order valence-corrected chi connectivity index (χ1v) is 19.7. The van der Waals surface area contributed by atoms with E-state index in [0.29, 0.717) is 46.7 Å². The number of benzene rings is 3. The lowest BCUT2D eigenvalue weighted by Crippen LogP contribution is -2.48. The molecule has 1 aliphatic rings. The van der Waals surface area contributed by atoms with Crippen molar-refractivity contribution in [1.29, 1.82) is 0 Å². The van der Waals surface area contributed by atoms with Crippen LogP contribution in [0.1, 0.15) is 37.6 Å². The van der Waals surface area contributed by atoms with E-state index in [1.807, 2.05) is 20.8 Å². The number of fused-ring (bicyclic) bond motifs is 1. The molecular formula is C39H43ClFN4O7PS. The maximum atomic E-state index is 16.6. The lowest BCUT2D eigenvalue weighted by molar-refractivity contribution is -0.0418. The molecule has 1 fully saturated rings. The normalized spacial score (nSPS) is 15.1. The molecule has 0 radical (unpaired) electrons. The molecule has 0 bridgehead atoms. The van der Waals surface area contributed by atoms with Crippen LogP contribution in [0.3, 0.4) is 0 Å². The number of ether oxygens (including phenoxy) is 4. The van der Waals surface area contributed by atoms with Crippen LogP contribution < -0.4 is 14.8 Å². The highest BCUT2D eigenvalue weighted by atomic mass is 35.5. The van der Waals surface area contributed by atoms with Crippen molar-refractivity contribution >= 4 is 47.9 Å². The van der Waals surface area contributed by atoms with Crippen molar-refractivity contribution < 1.29 is 36.6 Å². The molecule has 3 aromatic carbocycles. The molecule has 2 atom stereocenters. The summed E-state index contributed by atoms with van der Waals surface area (Å²) in [5.74, 6) is 0.501. The van der Waals surface area contributed by atoms with Gasteiger partial charge in [0, 0.05) is 48.9 Å². The zero-order valence-corrected chi connectivity index (χ0v) is 33.4. The van der Waals surface area contributed by atoms with Gasteiger partial charge in [0.2, 0.25) is 10.0 Å². The van der Waals surface area contributed by atoms with Crippen molar-refractivity contribution in [1.82, 2.24) is 18.6 Å². The molecule has 2 aromatic heterocycles. The highest BCUT2D eigenvalue weighted by Crippen LogP contribution is 2.33. The molecule has 286 valence electrons. The topological polar surface area (TPSA) is 112 Å². The number of halogens is 2. The number of sulfonamides is 1. The Morgan fingerprint density at radius 2 is 1.61 bits per heavy atom. The maximum absolute atomic E-state index is 16.6. The van der Waals surface area contributed by atoms with E-state index in [4.69, 9.17) is 35.5 Å². The van der Waals surface area contributed by atoms with E-state index in [9.17, 15) is 13.2 Å². The molecule has 54 heavy (non-hydrogen) atoms. The Labute approximate surface area is 322 Å². The number of nitrogens with zero attached hydrogens (tertiary/aromatic N) is 4. The predicted molar refractivity (Wildman–Crippen MR) is 209 cm³/mol. The first-order valence-electron chi connectivity index (χ1n) is 17.3. The highest BCUT2D eigenvalue weighted by molar-refractivity contribution is 7.89. The summed E-state index contributed by atoms with van der Waals surface area (Å²) in [6.45, 7) is 6.38. The number of imidazole rings is 1. The lowest BCUT2D eigenvalue weighted by Gasteiger charge is -2.34. The molecule has 11 nitrogen and oxygen atoms in total. The minimum absolute atomic E-state index is 0.0208. The Hall–Kier alpha value is -4.26. The Morgan fingerprint density at radius 1 is 1.00 bits per heavy atom. The van der Waals surface area contributed by atoms with Gasteiger partial charge in [0.15, 0.2) is 0 Å². The second-order valence-electron chi connectivity index (χ2n) is 13.9. The van der Waals surface area contributed by atoms with Crippen LogP contribution in [0.25, 0.3) is 16.9 Å². The number of aromatic nitrogens is 2. The molecule has 5 aromatic rings. The van der Waals surface area contributed by atoms with Gasteiger partial charge in [-0.25, -0.2) is 22.6 Å². The third kappa shape index (κ3) is 8.98. The second kappa shape index (κ2) is 16.2. The van der Waals surface area contributed by atoms with Gasteiger partial charge >= 0.3 is 6.09 Å². The summed E-state index contributed by atoms with van der Waals surface area (Å²) in [4.78, 5) is 19.1. The monoisotopic (exact) mass is 796 g/mol. The first kappa shape index (κ1) is 39.4. The van der Waals surface area contributed by atoms with Gasteiger partial charge in [-0.3, -0.25) is 0 Å². The van der Waals surface area contributed by atoms with E-state index >= 15 is 4.39 Å². The molecule has 15 heteroatoms. The number of hydrogen-bond donors (Lipinski definition) is 0. The summed E-state index contributed by atoms with van der Waals surface area (Å²) in [7, 11) is 1.34. The molecule has 0 spiro atoms. The van der Waals surface area contributed by atoms with Crippen LogP contribution in [-0.4, -0.2) is 78.7 Å². The Bertz CT molecular complexity index is 2170. The van der Waals surface area contributed by atoms with Crippen molar-refractivity contribution in [2.75, 3.05) is 33.9 Å². The van der Waals surface area contributed by atoms with Gasteiger partial charge in [-0.1, -0.05) is 35.9 Å². The van der Waals surface area contributed by atoms with Crippen LogP contribution in [0.15, 0.2) is 83.9 Å². The number of morpholine rings is 1. The third-order valence-corrected chi connectivity index (χ3v) is 11.4. The van der Waals surface area contributed by atoms with Gasteiger partial charge in [0.05, 0.1) is 49.8 Å². The molecular weight excluding hydrogens is 754 g/mol. The van der Waals surface area contributed by atoms with Crippen LogP contribution in [0, 0.1) is 5.82 Å². The summed E-state index contributed by atoms with van der Waals surface area (Å²) in [6, 6.07) is 20.0. The van der Waals surface area contributed by atoms with E-state index < -0.39 is 33.6 Å². The lowest BCUT2D eigenvalue weighted by atomic mass is 10.0. The van der Waals surface area contributed by atoms with E-state index in [1.165, 1.54) is 10.4 Å². The van der Waals surface area contributed by atoms with Crippen LogP contribution in [0.2, 0.25) is 5.02 Å². The van der Waals surface area contributed by atoms with Crippen molar-refractivity contribution in [3.8, 4) is 22.8 Å². The Balaban J connectivity index is 1.36. The van der Waals surface area contributed by atoms with Gasteiger partial charge in [-0.2, -0.15) is 4.31 Å². The molecule has 0 saturated carbocycles. The zero-order valence-electron chi connectivity index (χ0n) is 30.7. The average molecular weight is 797 g/mol. The van der Waals surface area contributed by atoms with Crippen LogP contribution >= 0.6 is 20.8 Å². The number of rotatable bonds is 11. The summed E-state index contributed by atoms with van der Waals surface area (Å²) in [5, 5.41) is 0.732. The average Bonchev–Trinajstić information content (AvgIpc) is 3.47. The van der Waals surface area contributed by atoms with Crippen molar-refractivity contribution in [2.45, 2.75) is 56.9 Å². The van der Waals surface area contributed by atoms with Gasteiger partial charge in [-0.05, 0) is 79.7 Å². The third-order valence-electron chi connectivity index (χ3n) is 8.90. The summed E-state index contributed by atoms with van der Waals surface area (Å²) in [5.41, 5.74) is 2.28. The van der Waals surface area contributed by atoms with E-state index in [0.717, 1.165) is 17.2 Å². The van der Waals surface area contributed by atoms with Crippen molar-refractivity contribution in [2.24, 2.45) is 0 Å². The van der Waals surface area contributed by atoms with Gasteiger partial charge < -0.3 is 28.2 Å². The zero-order chi connectivity index (χ0) is 38.8. The molecule has 1 amide bonds. The minimum Gasteiger partial charge on any atom is -0.497 e. The molecule has 1 unspecified atom stereocenters. The predicted octanol–water partition coefficient (Wildman–Crippen LogP) is 6.88. The molecule has 6 rings (SSSR count). The van der Waals surface area contributed by atoms with Gasteiger partial charge in [0.1, 0.15) is 28.6 Å². The second-order valence-corrected chi connectivity index (χ2v) is 16.9. The molecule has 1 saturated heterocycles. The minimum atomic E-state index is -4.26. The number of hydrogen-bond acceptors (Lipinski definition) is 8. The van der Waals surface area contributed by atoms with Crippen molar-refractivity contribution in [3.63, 3.8) is 0 Å². The van der Waals surface area contributed by atoms with Gasteiger partial charge in [0.25, 0.3) is 0 Å². The number of pyridine rings is 1. The fraction of sp³-hybridized carbons (Fsp3) is 0.333. The number of amides is 1. The maximum Gasteiger partial charge on any atom is 0.410 e. The highest BCUT2D eigenvalue weighted by Gasteiger charge is 2.32. The number of carbonyl (C=O) groups is 1. The molecule has 3 heterocycles. The van der Waals surface area contributed by atoms with Crippen LogP contribution in [0.5, 0.6) is 11.5 Å². The van der Waals surface area contributed by atoms with Crippen LogP contribution in [0.4, 0.5) is 9.18 Å². The SMILES string of the molecule is COc1ccc(CN(Cc2ccc(OC)cc2)S(=O)(=O)c2cc(F)c(-c3nc4cc(Cl)ccn4c3C[C@H]3CN(C(=O)OC(C)(C)C)CCO3)c(P)c2)cc1. The van der Waals surface area contributed by atoms with Crippen molar-refractivity contribution in [3.05, 3.63) is 107 Å². The Morgan fingerprint density at radius 3 is 2.17 bits per heavy atom. The largest absolute Gasteiger partial charge is 0.497 e. The molecule has 1 aliphatic heterocycles. The standard InChI is InChI=1S/C39H43ClFN4O7PS/c1-39(2,3)52-38(46)43-16-17-51-30(24-43)19-33-37(42-35-18-27(40)14-15-45(33)35)36-32(41)20-31(21-34(36)53)54(47,48)44(22-25-6-10-28(49-4)11-7-25)23-26-8-12-29(50-5)13-9-26/h6-15,18,20-21,30H,16-17,19,22-24,53H2,1-5H3/t30-/m0/s1. The van der Waals surface area contributed by atoms with E-state index in [2.05, 4.69) is 9.24 Å². The smallest absolute Gasteiger partial charge is 0.410 e. The number of carbonyl (C=O) groups excluding carboxylic acids is 1. The van der Waals surface area contributed by atoms with Gasteiger partial charge in [-0.15, -0.1) is 9.24 Å². The Kier molecular flexibility index (Phi) is 11.8. The number of methoxy groups -OCH3 is 2. The first-order chi connectivity index (χ1) is 25.6. The summed E-state index contributed by atoms with van der Waals surface area (Å²) in [6.07, 6.45) is 1.11. The van der Waals surface area contributed by atoms with E-state index in [-0.39, 0.29) is 41.8 Å². The fourth-order valence-corrected chi connectivity index (χ4v) is 8.45. The fourth-order valence-electron chi connectivity index (χ4n) is 6.26. The van der Waals surface area contributed by atoms with Crippen LogP contribution in [-0.2, 0) is 39.0 Å². The molecule has 0 aliphatic carbocycles. The summed E-state index contributed by atoms with van der Waals surface area (Å²) < 4.78 is 70.8. The summed E-state index contributed by atoms with van der Waals surface area (Å²) >= 11 is 6.34. The molecule has 0 N–H and O–H groups in total. The van der Waals surface area contributed by atoms with E-state index in [1.54, 1.807) is 90.4 Å². The quantitative estimate of drug-likeness (QED) is 0.133.